The third kappa shape index (κ3) is 3.80. The van der Waals surface area contributed by atoms with Crippen molar-refractivity contribution in [1.29, 1.82) is 0 Å². The predicted octanol–water partition coefficient (Wildman–Crippen LogP) is 4.52. The van der Waals surface area contributed by atoms with E-state index in [0.29, 0.717) is 10.9 Å². The van der Waals surface area contributed by atoms with Gasteiger partial charge in [0.15, 0.2) is 5.13 Å². The van der Waals surface area contributed by atoms with Gasteiger partial charge in [-0.3, -0.25) is 10.1 Å². The summed E-state index contributed by atoms with van der Waals surface area (Å²) >= 11 is 1.39. The molecule has 3 aromatic rings. The SMILES string of the molecule is CCC1CCCCN1c1ncnc(Nc2nc3ccc(OC)cc3s2)c1[N+](=O)[O-]. The number of nitrogens with one attached hydrogen (secondary N) is 1. The summed E-state index contributed by atoms with van der Waals surface area (Å²) in [4.78, 5) is 26.6. The highest BCUT2D eigenvalue weighted by Crippen LogP contribution is 2.38. The van der Waals surface area contributed by atoms with Crippen LogP contribution in [-0.2, 0) is 0 Å². The molecule has 1 atom stereocenters. The van der Waals surface area contributed by atoms with Crippen LogP contribution in [0.25, 0.3) is 10.2 Å². The molecule has 1 aliphatic rings. The smallest absolute Gasteiger partial charge is 0.353 e. The van der Waals surface area contributed by atoms with Gasteiger partial charge in [0.25, 0.3) is 0 Å². The van der Waals surface area contributed by atoms with Crippen molar-refractivity contribution >= 4 is 44.0 Å². The van der Waals surface area contributed by atoms with Crippen LogP contribution in [0.3, 0.4) is 0 Å². The van der Waals surface area contributed by atoms with E-state index >= 15 is 0 Å². The number of anilines is 3. The van der Waals surface area contributed by atoms with E-state index in [1.807, 2.05) is 18.2 Å². The van der Waals surface area contributed by atoms with Crippen LogP contribution in [-0.4, -0.2) is 39.6 Å². The van der Waals surface area contributed by atoms with Crippen LogP contribution in [0.1, 0.15) is 32.6 Å². The Bertz CT molecular complexity index is 1040. The quantitative estimate of drug-likeness (QED) is 0.464. The van der Waals surface area contributed by atoms with E-state index in [-0.39, 0.29) is 17.5 Å². The normalized spacial score (nSPS) is 16.8. The molecule has 1 saturated heterocycles. The molecule has 29 heavy (non-hydrogen) atoms. The lowest BCUT2D eigenvalue weighted by Crippen LogP contribution is -2.40. The van der Waals surface area contributed by atoms with Crippen LogP contribution in [0.2, 0.25) is 0 Å². The number of ether oxygens (including phenoxy) is 1. The van der Waals surface area contributed by atoms with Gasteiger partial charge in [0, 0.05) is 12.6 Å². The van der Waals surface area contributed by atoms with Crippen molar-refractivity contribution < 1.29 is 9.66 Å². The maximum atomic E-state index is 12.0. The summed E-state index contributed by atoms with van der Waals surface area (Å²) in [6.07, 6.45) is 5.44. The molecule has 0 radical (unpaired) electrons. The highest BCUT2D eigenvalue weighted by atomic mass is 32.1. The number of nitrogens with zero attached hydrogens (tertiary/aromatic N) is 5. The number of piperidine rings is 1. The molecule has 1 unspecified atom stereocenters. The molecule has 1 fully saturated rings. The molecule has 0 bridgehead atoms. The summed E-state index contributed by atoms with van der Waals surface area (Å²) in [5, 5.41) is 15.5. The molecule has 0 amide bonds. The monoisotopic (exact) mass is 414 g/mol. The highest BCUT2D eigenvalue weighted by Gasteiger charge is 2.32. The largest absolute Gasteiger partial charge is 0.497 e. The molecule has 9 nitrogen and oxygen atoms in total. The Morgan fingerprint density at radius 3 is 3.00 bits per heavy atom. The summed E-state index contributed by atoms with van der Waals surface area (Å²) < 4.78 is 6.17. The van der Waals surface area contributed by atoms with Crippen LogP contribution in [0.5, 0.6) is 5.75 Å². The van der Waals surface area contributed by atoms with Crippen molar-refractivity contribution in [2.75, 3.05) is 23.9 Å². The lowest BCUT2D eigenvalue weighted by molar-refractivity contribution is -0.383. The van der Waals surface area contributed by atoms with Gasteiger partial charge in [-0.25, -0.2) is 15.0 Å². The highest BCUT2D eigenvalue weighted by molar-refractivity contribution is 7.22. The van der Waals surface area contributed by atoms with E-state index in [0.717, 1.165) is 48.2 Å². The fraction of sp³-hybridized carbons (Fsp3) is 0.421. The van der Waals surface area contributed by atoms with Gasteiger partial charge < -0.3 is 15.0 Å². The standard InChI is InChI=1S/C19H22N6O3S/c1-3-12-6-4-5-9-24(12)18-16(25(26)27)17(20-11-21-18)23-19-22-14-8-7-13(28-2)10-15(14)29-19/h7-8,10-12H,3-6,9H2,1-2H3,(H,20,21,22,23). The molecule has 2 aromatic heterocycles. The van der Waals surface area contributed by atoms with E-state index < -0.39 is 4.92 Å². The Labute approximate surface area is 171 Å². The second-order valence-corrected chi connectivity index (χ2v) is 7.91. The van der Waals surface area contributed by atoms with Crippen LogP contribution < -0.4 is 15.0 Å². The van der Waals surface area contributed by atoms with Crippen molar-refractivity contribution in [3.63, 3.8) is 0 Å². The van der Waals surface area contributed by atoms with E-state index in [9.17, 15) is 10.1 Å². The number of rotatable bonds is 6. The average Bonchev–Trinajstić information content (AvgIpc) is 3.14. The number of hydrogen-bond donors (Lipinski definition) is 1. The summed E-state index contributed by atoms with van der Waals surface area (Å²) in [7, 11) is 1.61. The Morgan fingerprint density at radius 1 is 1.38 bits per heavy atom. The fourth-order valence-corrected chi connectivity index (χ4v) is 4.62. The number of methoxy groups -OCH3 is 1. The first kappa shape index (κ1) is 19.3. The topological polar surface area (TPSA) is 106 Å². The van der Waals surface area contributed by atoms with Gasteiger partial charge in [0.2, 0.25) is 11.6 Å². The molecular weight excluding hydrogens is 392 g/mol. The van der Waals surface area contributed by atoms with Crippen molar-refractivity contribution in [2.24, 2.45) is 0 Å². The minimum Gasteiger partial charge on any atom is -0.497 e. The van der Waals surface area contributed by atoms with Crippen molar-refractivity contribution in [3.05, 3.63) is 34.6 Å². The van der Waals surface area contributed by atoms with E-state index in [1.54, 1.807) is 7.11 Å². The number of nitro groups is 1. The Balaban J connectivity index is 1.71. The van der Waals surface area contributed by atoms with Gasteiger partial charge in [-0.05, 0) is 43.9 Å². The second-order valence-electron chi connectivity index (χ2n) is 6.88. The lowest BCUT2D eigenvalue weighted by Gasteiger charge is -2.35. The first-order chi connectivity index (χ1) is 14.1. The van der Waals surface area contributed by atoms with Crippen molar-refractivity contribution in [3.8, 4) is 5.75 Å². The number of benzene rings is 1. The Hall–Kier alpha value is -3.01. The van der Waals surface area contributed by atoms with E-state index in [2.05, 4.69) is 32.1 Å². The number of fused-ring (bicyclic) bond motifs is 1. The number of thiazole rings is 1. The first-order valence-electron chi connectivity index (χ1n) is 9.58. The van der Waals surface area contributed by atoms with Crippen LogP contribution in [0, 0.1) is 10.1 Å². The van der Waals surface area contributed by atoms with Gasteiger partial charge in [0.05, 0.1) is 22.2 Å². The van der Waals surface area contributed by atoms with Crippen molar-refractivity contribution in [2.45, 2.75) is 38.6 Å². The molecular formula is C19H22N6O3S. The van der Waals surface area contributed by atoms with Crippen LogP contribution >= 0.6 is 11.3 Å². The van der Waals surface area contributed by atoms with Gasteiger partial charge >= 0.3 is 5.69 Å². The van der Waals surface area contributed by atoms with Crippen molar-refractivity contribution in [1.82, 2.24) is 15.0 Å². The Morgan fingerprint density at radius 2 is 2.24 bits per heavy atom. The first-order valence-corrected chi connectivity index (χ1v) is 10.4. The van der Waals surface area contributed by atoms with Crippen LogP contribution in [0.4, 0.5) is 22.5 Å². The fourth-order valence-electron chi connectivity index (χ4n) is 3.73. The van der Waals surface area contributed by atoms with Gasteiger partial charge in [-0.1, -0.05) is 18.3 Å². The average molecular weight is 414 g/mol. The number of aromatic nitrogens is 3. The van der Waals surface area contributed by atoms with Crippen LogP contribution in [0.15, 0.2) is 24.5 Å². The molecule has 1 aromatic carbocycles. The zero-order valence-electron chi connectivity index (χ0n) is 16.3. The Kier molecular flexibility index (Phi) is 5.43. The molecule has 1 N–H and O–H groups in total. The summed E-state index contributed by atoms with van der Waals surface area (Å²) in [6, 6.07) is 5.82. The van der Waals surface area contributed by atoms with Gasteiger partial charge in [0.1, 0.15) is 12.1 Å². The maximum absolute atomic E-state index is 12.0. The number of hydrogen-bond acceptors (Lipinski definition) is 9. The van der Waals surface area contributed by atoms with Gasteiger partial charge in [-0.2, -0.15) is 0 Å². The molecule has 0 aliphatic carbocycles. The molecule has 0 spiro atoms. The summed E-state index contributed by atoms with van der Waals surface area (Å²) in [5.41, 5.74) is 0.682. The minimum absolute atomic E-state index is 0.107. The zero-order chi connectivity index (χ0) is 20.4. The third-order valence-corrected chi connectivity index (χ3v) is 6.11. The molecule has 152 valence electrons. The molecule has 0 saturated carbocycles. The summed E-state index contributed by atoms with van der Waals surface area (Å²) in [6.45, 7) is 2.86. The lowest BCUT2D eigenvalue weighted by atomic mass is 10.00. The van der Waals surface area contributed by atoms with E-state index in [1.165, 1.54) is 17.7 Å². The molecule has 10 heteroatoms. The maximum Gasteiger partial charge on any atom is 0.353 e. The van der Waals surface area contributed by atoms with E-state index in [4.69, 9.17) is 4.74 Å². The second kappa shape index (κ2) is 8.16. The third-order valence-electron chi connectivity index (χ3n) is 5.18. The van der Waals surface area contributed by atoms with Gasteiger partial charge in [-0.15, -0.1) is 0 Å². The minimum atomic E-state index is -0.407. The molecule has 4 rings (SSSR count). The molecule has 1 aliphatic heterocycles. The zero-order valence-corrected chi connectivity index (χ0v) is 17.1. The molecule has 3 heterocycles. The predicted molar refractivity (Wildman–Crippen MR) is 113 cm³/mol. The summed E-state index contributed by atoms with van der Waals surface area (Å²) in [5.74, 6) is 1.27.